The Bertz CT molecular complexity index is 1040. The van der Waals surface area contributed by atoms with Crippen molar-refractivity contribution < 1.29 is 19.0 Å². The fourth-order valence-corrected chi connectivity index (χ4v) is 4.06. The molecule has 1 aliphatic rings. The minimum absolute atomic E-state index is 0.172. The van der Waals surface area contributed by atoms with E-state index in [1.165, 1.54) is 7.11 Å². The number of hydrogen-bond donors (Lipinski definition) is 1. The Morgan fingerprint density at radius 3 is 2.59 bits per heavy atom. The van der Waals surface area contributed by atoms with Crippen molar-refractivity contribution in [1.82, 2.24) is 14.5 Å². The van der Waals surface area contributed by atoms with Crippen LogP contribution >= 0.6 is 0 Å². The molecule has 0 radical (unpaired) electrons. The molecular weight excluding hydrogens is 412 g/mol. The van der Waals surface area contributed by atoms with Gasteiger partial charge in [0.25, 0.3) is 5.56 Å². The van der Waals surface area contributed by atoms with Gasteiger partial charge in [-0.15, -0.1) is 0 Å². The number of rotatable bonds is 7. The second-order valence-electron chi connectivity index (χ2n) is 7.78. The molecule has 0 bridgehead atoms. The van der Waals surface area contributed by atoms with E-state index in [-0.39, 0.29) is 17.7 Å². The molecule has 174 valence electrons. The number of carbonyl (C=O) groups is 1. The number of ether oxygens (including phenoxy) is 3. The first-order chi connectivity index (χ1) is 15.3. The highest BCUT2D eigenvalue weighted by Crippen LogP contribution is 2.27. The third kappa shape index (κ3) is 4.57. The number of amides is 1. The fraction of sp³-hybridized carbons (Fsp3) is 0.522. The van der Waals surface area contributed by atoms with Crippen LogP contribution in [-0.2, 0) is 22.9 Å². The van der Waals surface area contributed by atoms with Crippen LogP contribution in [0.5, 0.6) is 5.75 Å². The second-order valence-corrected chi connectivity index (χ2v) is 7.78. The molecule has 9 nitrogen and oxygen atoms in total. The van der Waals surface area contributed by atoms with Gasteiger partial charge in [-0.2, -0.15) is 0 Å². The molecule has 32 heavy (non-hydrogen) atoms. The molecule has 1 unspecified atom stereocenters. The van der Waals surface area contributed by atoms with Crippen molar-refractivity contribution in [2.24, 2.45) is 7.05 Å². The average Bonchev–Trinajstić information content (AvgIpc) is 3.19. The largest absolute Gasteiger partial charge is 0.497 e. The summed E-state index contributed by atoms with van der Waals surface area (Å²) in [5.74, 6) is 1.35. The lowest BCUT2D eigenvalue weighted by Gasteiger charge is -2.22. The van der Waals surface area contributed by atoms with Crippen LogP contribution in [0.2, 0.25) is 0 Å². The summed E-state index contributed by atoms with van der Waals surface area (Å²) in [6.45, 7) is 7.12. The zero-order valence-corrected chi connectivity index (χ0v) is 19.6. The van der Waals surface area contributed by atoms with Crippen molar-refractivity contribution in [1.29, 1.82) is 0 Å². The van der Waals surface area contributed by atoms with Crippen LogP contribution < -0.4 is 15.6 Å². The first kappa shape index (κ1) is 23.6. The highest BCUT2D eigenvalue weighted by atomic mass is 16.5. The summed E-state index contributed by atoms with van der Waals surface area (Å²) in [6, 6.07) is 5.45. The van der Waals surface area contributed by atoms with Crippen LogP contribution in [0.1, 0.15) is 25.1 Å². The molecule has 0 aliphatic carbocycles. The normalized spacial score (nSPS) is 18.0. The van der Waals surface area contributed by atoms with Gasteiger partial charge in [0.15, 0.2) is 0 Å². The molecule has 1 aromatic heterocycles. The van der Waals surface area contributed by atoms with Gasteiger partial charge < -0.3 is 24.4 Å². The molecule has 1 saturated heterocycles. The van der Waals surface area contributed by atoms with Crippen LogP contribution in [0.3, 0.4) is 0 Å². The number of aryl methyl sites for hydroxylation is 2. The third-order valence-electron chi connectivity index (χ3n) is 5.78. The van der Waals surface area contributed by atoms with E-state index in [2.05, 4.69) is 5.32 Å². The minimum atomic E-state index is -0.411. The van der Waals surface area contributed by atoms with Crippen LogP contribution in [-0.4, -0.2) is 66.6 Å². The maximum absolute atomic E-state index is 13.4. The Morgan fingerprint density at radius 1 is 1.25 bits per heavy atom. The minimum Gasteiger partial charge on any atom is -0.497 e. The van der Waals surface area contributed by atoms with Gasteiger partial charge in [0.1, 0.15) is 17.3 Å². The van der Waals surface area contributed by atoms with E-state index in [1.54, 1.807) is 23.6 Å². The number of likely N-dealkylation sites (tertiary alicyclic amines) is 1. The number of hydrogen-bond acceptors (Lipinski definition) is 7. The average molecular weight is 445 g/mol. The van der Waals surface area contributed by atoms with Crippen LogP contribution in [0, 0.1) is 6.92 Å². The smallest absolute Gasteiger partial charge is 0.409 e. The Labute approximate surface area is 188 Å². The Morgan fingerprint density at radius 2 is 2.00 bits per heavy atom. The summed E-state index contributed by atoms with van der Waals surface area (Å²) < 4.78 is 17.5. The molecule has 1 amide bonds. The predicted molar refractivity (Wildman–Crippen MR) is 122 cm³/mol. The van der Waals surface area contributed by atoms with Crippen LogP contribution in [0.4, 0.5) is 10.5 Å². The topological polar surface area (TPSA) is 94.9 Å². The van der Waals surface area contributed by atoms with E-state index >= 15 is 0 Å². The number of methoxy groups -OCH3 is 2. The van der Waals surface area contributed by atoms with E-state index in [4.69, 9.17) is 19.2 Å². The lowest BCUT2D eigenvalue weighted by atomic mass is 10.1. The number of nitrogens with zero attached hydrogens (tertiary/aromatic N) is 3. The predicted octanol–water partition coefficient (Wildman–Crippen LogP) is 2.59. The summed E-state index contributed by atoms with van der Waals surface area (Å²) >= 11 is 0. The molecule has 0 saturated carbocycles. The molecule has 0 spiro atoms. The van der Waals surface area contributed by atoms with Crippen molar-refractivity contribution in [2.75, 3.05) is 39.2 Å². The number of benzene rings is 1. The van der Waals surface area contributed by atoms with Gasteiger partial charge in [-0.1, -0.05) is 6.92 Å². The lowest BCUT2D eigenvalue weighted by molar-refractivity contribution is 0.0614. The van der Waals surface area contributed by atoms with Gasteiger partial charge in [-0.25, -0.2) is 9.78 Å². The van der Waals surface area contributed by atoms with Crippen molar-refractivity contribution in [3.05, 3.63) is 39.8 Å². The zero-order chi connectivity index (χ0) is 23.4. The summed E-state index contributed by atoms with van der Waals surface area (Å²) in [4.78, 5) is 31.8. The van der Waals surface area contributed by atoms with Gasteiger partial charge in [0, 0.05) is 25.8 Å². The first-order valence-corrected chi connectivity index (χ1v) is 10.8. The first-order valence-electron chi connectivity index (χ1n) is 10.8. The molecule has 1 fully saturated rings. The van der Waals surface area contributed by atoms with Crippen molar-refractivity contribution in [3.8, 4) is 17.1 Å². The summed E-state index contributed by atoms with van der Waals surface area (Å²) in [7, 11) is 4.69. The quantitative estimate of drug-likeness (QED) is 0.701. The Balaban J connectivity index is 1.98. The molecule has 2 aromatic rings. The van der Waals surface area contributed by atoms with Gasteiger partial charge >= 0.3 is 6.09 Å². The molecule has 3 rings (SSSR count). The van der Waals surface area contributed by atoms with Gasteiger partial charge in [0.2, 0.25) is 0 Å². The molecule has 9 heteroatoms. The number of carbonyl (C=O) groups excluding carboxylic acids is 1. The van der Waals surface area contributed by atoms with E-state index in [9.17, 15) is 9.59 Å². The standard InChI is InChI=1S/C23H32N4O5/c1-7-17-20(24-18-12-27(23(29)31-6)13-19(18)32-8-2)22(28)26(4)21(25-17)16-10-9-15(30-5)11-14(16)3/h9-11,18-19,24H,7-8,12-13H2,1-6H3/t18?,19-/m0/s1. The van der Waals surface area contributed by atoms with Crippen LogP contribution in [0.15, 0.2) is 23.0 Å². The van der Waals surface area contributed by atoms with Crippen LogP contribution in [0.25, 0.3) is 11.4 Å². The highest BCUT2D eigenvalue weighted by Gasteiger charge is 2.37. The fourth-order valence-electron chi connectivity index (χ4n) is 4.06. The molecule has 1 aromatic carbocycles. The maximum atomic E-state index is 13.4. The van der Waals surface area contributed by atoms with E-state index in [0.717, 1.165) is 16.9 Å². The zero-order valence-electron chi connectivity index (χ0n) is 19.6. The molecular formula is C23H32N4O5. The monoisotopic (exact) mass is 444 g/mol. The molecule has 2 atom stereocenters. The lowest BCUT2D eigenvalue weighted by Crippen LogP contribution is -2.38. The molecule has 2 heterocycles. The van der Waals surface area contributed by atoms with E-state index in [1.807, 2.05) is 39.0 Å². The Hall–Kier alpha value is -3.07. The molecule has 1 N–H and O–H groups in total. The van der Waals surface area contributed by atoms with E-state index < -0.39 is 6.09 Å². The summed E-state index contributed by atoms with van der Waals surface area (Å²) in [5.41, 5.74) is 2.78. The molecule has 1 aliphatic heterocycles. The van der Waals surface area contributed by atoms with Crippen molar-refractivity contribution in [3.63, 3.8) is 0 Å². The number of nitrogens with one attached hydrogen (secondary N) is 1. The number of anilines is 1. The Kier molecular flexibility index (Phi) is 7.40. The SMILES string of the molecule is CCO[C@H]1CN(C(=O)OC)CC1Nc1c(CC)nc(-c2ccc(OC)cc2C)n(C)c1=O. The third-order valence-corrected chi connectivity index (χ3v) is 5.78. The number of aromatic nitrogens is 2. The van der Waals surface area contributed by atoms with Crippen molar-refractivity contribution >= 4 is 11.8 Å². The second kappa shape index (κ2) is 10.0. The van der Waals surface area contributed by atoms with Gasteiger partial charge in [0.05, 0.1) is 38.6 Å². The maximum Gasteiger partial charge on any atom is 0.409 e. The van der Waals surface area contributed by atoms with Crippen molar-refractivity contribution in [2.45, 2.75) is 39.3 Å². The summed E-state index contributed by atoms with van der Waals surface area (Å²) in [6.07, 6.45) is -0.0871. The summed E-state index contributed by atoms with van der Waals surface area (Å²) in [5, 5.41) is 3.33. The highest BCUT2D eigenvalue weighted by molar-refractivity contribution is 5.68. The van der Waals surface area contributed by atoms with Gasteiger partial charge in [-0.05, 0) is 44.0 Å². The van der Waals surface area contributed by atoms with E-state index in [0.29, 0.717) is 43.3 Å². The van der Waals surface area contributed by atoms with Gasteiger partial charge in [-0.3, -0.25) is 9.36 Å².